The number of benzene rings is 1. The molecule has 2 atom stereocenters. The van der Waals surface area contributed by atoms with Crippen LogP contribution < -0.4 is 4.74 Å². The summed E-state index contributed by atoms with van der Waals surface area (Å²) in [6, 6.07) is 7.49. The largest absolute Gasteiger partial charge is 0.497 e. The third-order valence-corrected chi connectivity index (χ3v) is 5.47. The molecule has 5 nitrogen and oxygen atoms in total. The van der Waals surface area contributed by atoms with Gasteiger partial charge in [0, 0.05) is 31.3 Å². The fourth-order valence-electron chi connectivity index (χ4n) is 4.17. The van der Waals surface area contributed by atoms with Crippen LogP contribution in [0.3, 0.4) is 0 Å². The van der Waals surface area contributed by atoms with Crippen molar-refractivity contribution in [3.63, 3.8) is 0 Å². The van der Waals surface area contributed by atoms with E-state index in [4.69, 9.17) is 4.74 Å². The molecule has 0 unspecified atom stereocenters. The molecule has 5 heteroatoms. The first kappa shape index (κ1) is 16.9. The van der Waals surface area contributed by atoms with E-state index in [1.807, 2.05) is 24.3 Å². The molecule has 3 rings (SSSR count). The van der Waals surface area contributed by atoms with Crippen molar-refractivity contribution in [2.24, 2.45) is 0 Å². The van der Waals surface area contributed by atoms with Crippen LogP contribution in [0.1, 0.15) is 24.8 Å². The first-order valence-electron chi connectivity index (χ1n) is 8.20. The molecule has 2 fully saturated rings. The van der Waals surface area contributed by atoms with Gasteiger partial charge in [-0.1, -0.05) is 18.2 Å². The monoisotopic (exact) mass is 329 g/mol. The molecule has 0 radical (unpaired) electrons. The first-order valence-corrected chi connectivity index (χ1v) is 8.20. The van der Waals surface area contributed by atoms with E-state index in [-0.39, 0.29) is 18.6 Å². The highest BCUT2D eigenvalue weighted by atomic mass is 16.5. The van der Waals surface area contributed by atoms with E-state index in [9.17, 15) is 14.7 Å². The molecule has 0 amide bonds. The van der Waals surface area contributed by atoms with Gasteiger partial charge in [-0.2, -0.15) is 0 Å². The van der Waals surface area contributed by atoms with Crippen molar-refractivity contribution < 1.29 is 19.4 Å². The van der Waals surface area contributed by atoms with Crippen LogP contribution in [0.15, 0.2) is 36.9 Å². The number of piperidine rings is 1. The molecule has 128 valence electrons. The highest BCUT2D eigenvalue weighted by molar-refractivity contribution is 6.38. The van der Waals surface area contributed by atoms with Crippen LogP contribution >= 0.6 is 0 Å². The predicted octanol–water partition coefficient (Wildman–Crippen LogP) is 1.49. The second-order valence-electron chi connectivity index (χ2n) is 6.82. The van der Waals surface area contributed by atoms with Crippen molar-refractivity contribution >= 4 is 11.6 Å². The summed E-state index contributed by atoms with van der Waals surface area (Å²) in [5.74, 6) is -0.182. The van der Waals surface area contributed by atoms with Gasteiger partial charge in [-0.05, 0) is 30.7 Å². The lowest BCUT2D eigenvalue weighted by Gasteiger charge is -2.55. The quantitative estimate of drug-likeness (QED) is 0.670. The predicted molar refractivity (Wildman–Crippen MR) is 90.1 cm³/mol. The maximum absolute atomic E-state index is 12.2. The summed E-state index contributed by atoms with van der Waals surface area (Å²) in [4.78, 5) is 26.3. The van der Waals surface area contributed by atoms with Gasteiger partial charge in [-0.25, -0.2) is 0 Å². The maximum atomic E-state index is 12.2. The Kier molecular flexibility index (Phi) is 4.32. The lowest BCUT2D eigenvalue weighted by atomic mass is 9.55. The summed E-state index contributed by atoms with van der Waals surface area (Å²) in [5, 5.41) is 11.5. The molecule has 1 N–H and O–H groups in total. The molecule has 1 aromatic rings. The third-order valence-electron chi connectivity index (χ3n) is 5.47. The molecule has 1 saturated carbocycles. The third kappa shape index (κ3) is 2.58. The lowest BCUT2D eigenvalue weighted by Crippen LogP contribution is -2.67. The zero-order valence-electron chi connectivity index (χ0n) is 14.0. The smallest absolute Gasteiger partial charge is 0.201 e. The molecule has 0 bridgehead atoms. The Bertz CT molecular complexity index is 686. The number of β-amino-alcohol motifs (C(OH)–C–C–N with tert-alkyl or cyclic N) is 1. The molecule has 1 heterocycles. The second kappa shape index (κ2) is 6.15. The number of fused-ring (bicyclic) bond motifs is 1. The van der Waals surface area contributed by atoms with Crippen LogP contribution in [0.5, 0.6) is 5.75 Å². The van der Waals surface area contributed by atoms with Gasteiger partial charge in [0.15, 0.2) is 5.78 Å². The number of ether oxygens (including phenoxy) is 1. The van der Waals surface area contributed by atoms with Crippen LogP contribution in [-0.4, -0.2) is 53.9 Å². The summed E-state index contributed by atoms with van der Waals surface area (Å²) in [6.07, 6.45) is 2.33. The fraction of sp³-hybridized carbons (Fsp3) is 0.474. The van der Waals surface area contributed by atoms with E-state index in [0.717, 1.165) is 12.1 Å². The van der Waals surface area contributed by atoms with E-state index in [1.54, 1.807) is 13.2 Å². The number of carbonyl (C=O) groups excluding carboxylic acids is 2. The van der Waals surface area contributed by atoms with E-state index in [2.05, 4.69) is 11.5 Å². The minimum Gasteiger partial charge on any atom is -0.497 e. The van der Waals surface area contributed by atoms with Crippen molar-refractivity contribution in [2.45, 2.75) is 30.3 Å². The Morgan fingerprint density at radius 2 is 2.08 bits per heavy atom. The van der Waals surface area contributed by atoms with Gasteiger partial charge in [-0.3, -0.25) is 14.5 Å². The average Bonchev–Trinajstić information content (AvgIpc) is 2.56. The van der Waals surface area contributed by atoms with Gasteiger partial charge in [0.2, 0.25) is 5.78 Å². The molecule has 1 aliphatic carbocycles. The Morgan fingerprint density at radius 1 is 1.33 bits per heavy atom. The topological polar surface area (TPSA) is 66.8 Å². The van der Waals surface area contributed by atoms with Gasteiger partial charge in [0.25, 0.3) is 0 Å². The highest BCUT2D eigenvalue weighted by Crippen LogP contribution is 2.50. The highest BCUT2D eigenvalue weighted by Gasteiger charge is 2.59. The van der Waals surface area contributed by atoms with Crippen molar-refractivity contribution in [2.75, 3.05) is 26.7 Å². The number of aliphatic hydroxyl groups is 1. The summed E-state index contributed by atoms with van der Waals surface area (Å²) in [7, 11) is 1.59. The standard InChI is InChI=1S/C19H23NO4/c1-3-8-20-9-7-18(14-5-4-6-15(10-14)24-2)11-16(21)17(22)12-19(18,23)13-20/h3-6,10,23H,1,7-9,11-13H2,2H3/t18-,19-/m1/s1. The number of likely N-dealkylation sites (tertiary alicyclic amines) is 1. The number of ketones is 2. The molecule has 24 heavy (non-hydrogen) atoms. The summed E-state index contributed by atoms with van der Waals surface area (Å²) in [6.45, 7) is 5.50. The minimum atomic E-state index is -1.26. The molecule has 0 spiro atoms. The number of carbonyl (C=O) groups is 2. The summed E-state index contributed by atoms with van der Waals surface area (Å²) in [5.41, 5.74) is -1.14. The molecular formula is C19H23NO4. The number of methoxy groups -OCH3 is 1. The SMILES string of the molecule is C=CCN1CC[C@]2(c3cccc(OC)c3)CC(=O)C(=O)C[C@@]2(O)C1. The summed E-state index contributed by atoms with van der Waals surface area (Å²) < 4.78 is 5.31. The van der Waals surface area contributed by atoms with Crippen LogP contribution in [0.2, 0.25) is 0 Å². The lowest BCUT2D eigenvalue weighted by molar-refractivity contribution is -0.159. The Morgan fingerprint density at radius 3 is 2.79 bits per heavy atom. The number of Topliss-reactive ketones (excluding diaryl/α,β-unsaturated/α-hetero) is 2. The molecule has 0 aromatic heterocycles. The van der Waals surface area contributed by atoms with E-state index >= 15 is 0 Å². The number of hydrogen-bond acceptors (Lipinski definition) is 5. The Labute approximate surface area is 141 Å². The number of nitrogens with zero attached hydrogens (tertiary/aromatic N) is 1. The molecule has 1 saturated heterocycles. The van der Waals surface area contributed by atoms with Gasteiger partial charge in [-0.15, -0.1) is 6.58 Å². The molecular weight excluding hydrogens is 306 g/mol. The number of rotatable bonds is 4. The normalized spacial score (nSPS) is 30.8. The van der Waals surface area contributed by atoms with Crippen molar-refractivity contribution in [3.05, 3.63) is 42.5 Å². The van der Waals surface area contributed by atoms with Crippen molar-refractivity contribution in [3.8, 4) is 5.75 Å². The first-order chi connectivity index (χ1) is 11.4. The van der Waals surface area contributed by atoms with Crippen molar-refractivity contribution in [1.29, 1.82) is 0 Å². The van der Waals surface area contributed by atoms with Gasteiger partial charge in [0.05, 0.1) is 12.7 Å². The van der Waals surface area contributed by atoms with Gasteiger partial charge in [0.1, 0.15) is 5.75 Å². The van der Waals surface area contributed by atoms with Crippen LogP contribution in [0.25, 0.3) is 0 Å². The van der Waals surface area contributed by atoms with Crippen LogP contribution in [0, 0.1) is 0 Å². The van der Waals surface area contributed by atoms with Crippen LogP contribution in [-0.2, 0) is 15.0 Å². The Balaban J connectivity index is 2.07. The molecule has 1 aromatic carbocycles. The second-order valence-corrected chi connectivity index (χ2v) is 6.82. The summed E-state index contributed by atoms with van der Waals surface area (Å²) >= 11 is 0. The van der Waals surface area contributed by atoms with Crippen molar-refractivity contribution in [1.82, 2.24) is 4.90 Å². The molecule has 2 aliphatic rings. The zero-order chi connectivity index (χ0) is 17.4. The fourth-order valence-corrected chi connectivity index (χ4v) is 4.17. The number of hydrogen-bond donors (Lipinski definition) is 1. The molecule has 1 aliphatic heterocycles. The van der Waals surface area contributed by atoms with E-state index in [0.29, 0.717) is 25.3 Å². The zero-order valence-corrected chi connectivity index (χ0v) is 14.0. The van der Waals surface area contributed by atoms with E-state index in [1.165, 1.54) is 0 Å². The minimum absolute atomic E-state index is 0.0530. The van der Waals surface area contributed by atoms with Crippen LogP contribution in [0.4, 0.5) is 0 Å². The average molecular weight is 329 g/mol. The maximum Gasteiger partial charge on any atom is 0.201 e. The van der Waals surface area contributed by atoms with Gasteiger partial charge >= 0.3 is 0 Å². The van der Waals surface area contributed by atoms with E-state index < -0.39 is 16.8 Å². The van der Waals surface area contributed by atoms with Gasteiger partial charge < -0.3 is 9.84 Å². The Hall–Kier alpha value is -1.98.